The van der Waals surface area contributed by atoms with E-state index in [1.54, 1.807) is 13.0 Å². The van der Waals surface area contributed by atoms with Gasteiger partial charge in [0, 0.05) is 12.3 Å². The molecule has 8 atom stereocenters. The summed E-state index contributed by atoms with van der Waals surface area (Å²) >= 11 is 0. The molecule has 0 saturated heterocycles. The molecule has 3 saturated carbocycles. The third-order valence-electron chi connectivity index (χ3n) is 9.06. The second-order valence-electron chi connectivity index (χ2n) is 10.6. The summed E-state index contributed by atoms with van der Waals surface area (Å²) in [6, 6.07) is 0. The molecule has 0 aliphatic heterocycles. The van der Waals surface area contributed by atoms with E-state index in [1.165, 1.54) is 0 Å². The smallest absolute Gasteiger partial charge is 0.155 e. The maximum Gasteiger partial charge on any atom is 0.155 e. The number of rotatable bonds is 1. The molecule has 0 heterocycles. The first-order valence-corrected chi connectivity index (χ1v) is 10.5. The Balaban J connectivity index is 1.77. The minimum Gasteiger partial charge on any atom is -0.386 e. The molecule has 4 aliphatic carbocycles. The molecule has 3 fully saturated rings. The van der Waals surface area contributed by atoms with Crippen molar-refractivity contribution in [1.29, 1.82) is 0 Å². The number of Topliss-reactive ketones (excluding diaryl/α,β-unsaturated/α-hetero) is 1. The molecule has 0 bridgehead atoms. The van der Waals surface area contributed by atoms with Gasteiger partial charge in [0.05, 0.1) is 5.60 Å². The first-order chi connectivity index (χ1) is 12.0. The van der Waals surface area contributed by atoms with Crippen LogP contribution in [0.3, 0.4) is 0 Å². The summed E-state index contributed by atoms with van der Waals surface area (Å²) in [4.78, 5) is 24.5. The Kier molecular flexibility index (Phi) is 3.91. The topological polar surface area (TPSA) is 54.4 Å². The summed E-state index contributed by atoms with van der Waals surface area (Å²) in [6.07, 6.45) is 7.30. The number of carbonyl (C=O) groups excluding carboxylic acids is 2. The third kappa shape index (κ3) is 2.28. The monoisotopic (exact) mass is 358 g/mol. The zero-order chi connectivity index (χ0) is 19.1. The van der Waals surface area contributed by atoms with Gasteiger partial charge in [0.2, 0.25) is 0 Å². The van der Waals surface area contributed by atoms with E-state index in [1.807, 2.05) is 6.92 Å². The molecule has 3 heteroatoms. The lowest BCUT2D eigenvalue weighted by atomic mass is 9.44. The van der Waals surface area contributed by atoms with Crippen molar-refractivity contribution in [2.24, 2.45) is 40.4 Å². The fourth-order valence-corrected chi connectivity index (χ4v) is 8.23. The van der Waals surface area contributed by atoms with Crippen LogP contribution in [-0.4, -0.2) is 22.3 Å². The van der Waals surface area contributed by atoms with Gasteiger partial charge in [-0.15, -0.1) is 0 Å². The predicted molar refractivity (Wildman–Crippen MR) is 101 cm³/mol. The Morgan fingerprint density at radius 2 is 1.88 bits per heavy atom. The van der Waals surface area contributed by atoms with E-state index in [2.05, 4.69) is 20.8 Å². The average Bonchev–Trinajstić information content (AvgIpc) is 2.79. The molecule has 26 heavy (non-hydrogen) atoms. The molecule has 0 aromatic rings. The van der Waals surface area contributed by atoms with Crippen molar-refractivity contribution in [3.05, 3.63) is 11.6 Å². The van der Waals surface area contributed by atoms with E-state index in [4.69, 9.17) is 0 Å². The van der Waals surface area contributed by atoms with E-state index in [-0.39, 0.29) is 22.5 Å². The predicted octanol–water partition coefficient (Wildman–Crippen LogP) is 4.33. The van der Waals surface area contributed by atoms with Gasteiger partial charge in [-0.1, -0.05) is 20.8 Å². The van der Waals surface area contributed by atoms with Crippen LogP contribution in [0.15, 0.2) is 11.6 Å². The standard InChI is InChI=1S/C23H34O3/c1-13-10-18-16-12-23(5,26)19-11-15(25)6-8-21(19,3)17(16)7-9-22(18,4)20(13)14(2)24/h11,13,16-18,20,26H,6-10,12H2,1-5H3. The molecule has 0 aromatic carbocycles. The molecular formula is C23H34O3. The summed E-state index contributed by atoms with van der Waals surface area (Å²) in [5.41, 5.74) is 0.0891. The van der Waals surface area contributed by atoms with E-state index >= 15 is 0 Å². The van der Waals surface area contributed by atoms with Gasteiger partial charge in [-0.2, -0.15) is 0 Å². The van der Waals surface area contributed by atoms with E-state index in [0.717, 1.165) is 37.7 Å². The van der Waals surface area contributed by atoms with Crippen LogP contribution >= 0.6 is 0 Å². The zero-order valence-electron chi connectivity index (χ0n) is 17.0. The number of aliphatic hydroxyl groups is 1. The first kappa shape index (κ1) is 18.4. The number of fused-ring (bicyclic) bond motifs is 5. The number of hydrogen-bond acceptors (Lipinski definition) is 3. The molecule has 3 nitrogen and oxygen atoms in total. The highest BCUT2D eigenvalue weighted by molar-refractivity contribution is 5.92. The van der Waals surface area contributed by atoms with Crippen LogP contribution in [0.1, 0.15) is 73.1 Å². The number of carbonyl (C=O) groups is 2. The zero-order valence-corrected chi connectivity index (χ0v) is 17.0. The fourth-order valence-electron chi connectivity index (χ4n) is 8.23. The normalized spacial score (nSPS) is 53.4. The lowest BCUT2D eigenvalue weighted by Crippen LogP contribution is -2.57. The Bertz CT molecular complexity index is 690. The maximum atomic E-state index is 12.4. The van der Waals surface area contributed by atoms with Crippen LogP contribution < -0.4 is 0 Å². The van der Waals surface area contributed by atoms with Crippen molar-refractivity contribution in [2.75, 3.05) is 0 Å². The second kappa shape index (κ2) is 5.53. The Hall–Kier alpha value is -0.960. The van der Waals surface area contributed by atoms with Gasteiger partial charge >= 0.3 is 0 Å². The van der Waals surface area contributed by atoms with E-state index < -0.39 is 5.60 Å². The molecule has 0 spiro atoms. The average molecular weight is 359 g/mol. The summed E-state index contributed by atoms with van der Waals surface area (Å²) < 4.78 is 0. The van der Waals surface area contributed by atoms with Crippen molar-refractivity contribution in [1.82, 2.24) is 0 Å². The third-order valence-corrected chi connectivity index (χ3v) is 9.06. The van der Waals surface area contributed by atoms with Crippen molar-refractivity contribution in [2.45, 2.75) is 78.7 Å². The van der Waals surface area contributed by atoms with Crippen molar-refractivity contribution < 1.29 is 14.7 Å². The molecule has 1 N–H and O–H groups in total. The molecule has 144 valence electrons. The SMILES string of the molecule is CC(=O)C1C(C)CC2C3CC(C)(O)C4=CC(=O)CCC4(C)C3CCC21C. The van der Waals surface area contributed by atoms with Crippen LogP contribution in [0.25, 0.3) is 0 Å². The molecule has 8 unspecified atom stereocenters. The highest BCUT2D eigenvalue weighted by Gasteiger charge is 2.64. The minimum atomic E-state index is -0.901. The van der Waals surface area contributed by atoms with Gasteiger partial charge in [0.15, 0.2) is 5.78 Å². The van der Waals surface area contributed by atoms with Gasteiger partial charge in [-0.3, -0.25) is 9.59 Å². The molecule has 0 amide bonds. The molecule has 4 rings (SSSR count). The van der Waals surface area contributed by atoms with Crippen LogP contribution in [0.2, 0.25) is 0 Å². The second-order valence-corrected chi connectivity index (χ2v) is 10.6. The van der Waals surface area contributed by atoms with Crippen LogP contribution in [0.4, 0.5) is 0 Å². The number of hydrogen-bond donors (Lipinski definition) is 1. The lowest BCUT2D eigenvalue weighted by molar-refractivity contribution is -0.135. The lowest BCUT2D eigenvalue weighted by Gasteiger charge is -2.61. The highest BCUT2D eigenvalue weighted by atomic mass is 16.3. The van der Waals surface area contributed by atoms with Crippen LogP contribution in [-0.2, 0) is 9.59 Å². The van der Waals surface area contributed by atoms with Gasteiger partial charge in [0.1, 0.15) is 5.78 Å². The van der Waals surface area contributed by atoms with E-state index in [0.29, 0.717) is 35.9 Å². The van der Waals surface area contributed by atoms with Crippen LogP contribution in [0.5, 0.6) is 0 Å². The van der Waals surface area contributed by atoms with Crippen molar-refractivity contribution in [3.8, 4) is 0 Å². The highest BCUT2D eigenvalue weighted by Crippen LogP contribution is 2.69. The van der Waals surface area contributed by atoms with Gasteiger partial charge in [-0.05, 0) is 92.1 Å². The van der Waals surface area contributed by atoms with Crippen LogP contribution in [0, 0.1) is 40.4 Å². The molecule has 4 aliphatic rings. The molecule has 0 aromatic heterocycles. The Labute approximate surface area is 157 Å². The van der Waals surface area contributed by atoms with Crippen molar-refractivity contribution >= 4 is 11.6 Å². The minimum absolute atomic E-state index is 0.0702. The Morgan fingerprint density at radius 3 is 2.54 bits per heavy atom. The summed E-state index contributed by atoms with van der Waals surface area (Å²) in [6.45, 7) is 10.6. The summed E-state index contributed by atoms with van der Waals surface area (Å²) in [5, 5.41) is 11.3. The first-order valence-electron chi connectivity index (χ1n) is 10.5. The maximum absolute atomic E-state index is 12.4. The van der Waals surface area contributed by atoms with Gasteiger partial charge in [-0.25, -0.2) is 0 Å². The van der Waals surface area contributed by atoms with Crippen molar-refractivity contribution in [3.63, 3.8) is 0 Å². The molecular weight excluding hydrogens is 324 g/mol. The number of ketones is 2. The summed E-state index contributed by atoms with van der Waals surface area (Å²) in [7, 11) is 0. The van der Waals surface area contributed by atoms with E-state index in [9.17, 15) is 14.7 Å². The van der Waals surface area contributed by atoms with Gasteiger partial charge < -0.3 is 5.11 Å². The Morgan fingerprint density at radius 1 is 1.19 bits per heavy atom. The largest absolute Gasteiger partial charge is 0.386 e. The molecule has 0 radical (unpaired) electrons. The quantitative estimate of drug-likeness (QED) is 0.759. The fraction of sp³-hybridized carbons (Fsp3) is 0.826. The van der Waals surface area contributed by atoms with Gasteiger partial charge in [0.25, 0.3) is 0 Å². The summed E-state index contributed by atoms with van der Waals surface area (Å²) in [5.74, 6) is 2.60.